The molecule has 0 radical (unpaired) electrons. The Morgan fingerprint density at radius 1 is 1.56 bits per heavy atom. The Morgan fingerprint density at radius 3 is 2.72 bits per heavy atom. The molecule has 6 heteroatoms. The molecule has 0 spiro atoms. The number of benzene rings is 1. The fourth-order valence-corrected chi connectivity index (χ4v) is 2.32. The van der Waals surface area contributed by atoms with Gasteiger partial charge in [-0.3, -0.25) is 10.1 Å². The Labute approximate surface area is 119 Å². The number of nitrogens with zero attached hydrogens (tertiary/aromatic N) is 1. The number of rotatable bonds is 6. The maximum absolute atomic E-state index is 13.5. The summed E-state index contributed by atoms with van der Waals surface area (Å²) in [4.78, 5) is 10.5. The molecule has 0 aromatic heterocycles. The Morgan fingerprint density at radius 2 is 2.22 bits per heavy atom. The van der Waals surface area contributed by atoms with E-state index in [0.29, 0.717) is 12.0 Å². The summed E-state index contributed by atoms with van der Waals surface area (Å²) in [6.45, 7) is 2.05. The van der Waals surface area contributed by atoms with E-state index in [2.05, 4.69) is 5.32 Å². The molecule has 4 nitrogen and oxygen atoms in total. The first kappa shape index (κ1) is 15.3. The molecule has 1 aromatic rings. The molecule has 1 atom stereocenters. The third-order valence-corrected chi connectivity index (χ3v) is 3.66. The van der Waals surface area contributed by atoms with Crippen molar-refractivity contribution in [3.63, 3.8) is 0 Å². The van der Waals surface area contributed by atoms with E-state index in [-0.39, 0.29) is 15.3 Å². The number of halogens is 2. The topological polar surface area (TPSA) is 55.2 Å². The average Bonchev–Trinajstić information content (AvgIpc) is 2.32. The van der Waals surface area contributed by atoms with Gasteiger partial charge >= 0.3 is 0 Å². The lowest BCUT2D eigenvalue weighted by Gasteiger charge is -2.15. The van der Waals surface area contributed by atoms with Crippen molar-refractivity contribution in [1.82, 2.24) is 5.32 Å². The van der Waals surface area contributed by atoms with Crippen molar-refractivity contribution in [2.75, 3.05) is 7.05 Å². The van der Waals surface area contributed by atoms with Gasteiger partial charge in [-0.15, -0.1) is 0 Å². The smallest absolute Gasteiger partial charge is 0.273 e. The first-order valence-corrected chi connectivity index (χ1v) is 6.87. The van der Waals surface area contributed by atoms with Crippen molar-refractivity contribution < 1.29 is 9.31 Å². The third-order valence-electron chi connectivity index (χ3n) is 2.83. The molecule has 0 bridgehead atoms. The van der Waals surface area contributed by atoms with E-state index >= 15 is 0 Å². The first-order valence-electron chi connectivity index (χ1n) is 5.79. The van der Waals surface area contributed by atoms with Gasteiger partial charge in [0.1, 0.15) is 5.82 Å². The highest BCUT2D eigenvalue weighted by Gasteiger charge is 2.19. The van der Waals surface area contributed by atoms with Crippen LogP contribution in [0.25, 0.3) is 0 Å². The molecule has 100 valence electrons. The minimum absolute atomic E-state index is 0.00264. The van der Waals surface area contributed by atoms with Crippen LogP contribution >= 0.6 is 22.6 Å². The second-order valence-electron chi connectivity index (χ2n) is 4.13. The minimum Gasteiger partial charge on any atom is -0.317 e. The van der Waals surface area contributed by atoms with Crippen molar-refractivity contribution in [3.8, 4) is 0 Å². The Balaban J connectivity index is 3.06. The standard InChI is InChI=1S/C12H16FIN2O2/c1-3-4-9(15-2)5-8-6-10(13)11(14)7-12(8)16(17)18/h6-7,9,15H,3-5H2,1-2H3. The number of hydrogen-bond acceptors (Lipinski definition) is 3. The van der Waals surface area contributed by atoms with Crippen LogP contribution in [-0.4, -0.2) is 18.0 Å². The molecular weight excluding hydrogens is 350 g/mol. The zero-order valence-corrected chi connectivity index (χ0v) is 12.5. The van der Waals surface area contributed by atoms with E-state index in [1.54, 1.807) is 22.6 Å². The number of nitrogens with one attached hydrogen (secondary N) is 1. The molecule has 0 amide bonds. The average molecular weight is 366 g/mol. The molecule has 0 aliphatic heterocycles. The zero-order chi connectivity index (χ0) is 13.7. The van der Waals surface area contributed by atoms with E-state index < -0.39 is 10.7 Å². The lowest BCUT2D eigenvalue weighted by molar-refractivity contribution is -0.385. The van der Waals surface area contributed by atoms with Gasteiger partial charge in [0.25, 0.3) is 5.69 Å². The number of nitro benzene ring substituents is 1. The van der Waals surface area contributed by atoms with Crippen molar-refractivity contribution in [2.45, 2.75) is 32.2 Å². The largest absolute Gasteiger partial charge is 0.317 e. The molecule has 0 heterocycles. The highest BCUT2D eigenvalue weighted by Crippen LogP contribution is 2.25. The second kappa shape index (κ2) is 6.98. The molecule has 1 N–H and O–H groups in total. The normalized spacial score (nSPS) is 12.4. The van der Waals surface area contributed by atoms with Crippen LogP contribution in [0.2, 0.25) is 0 Å². The van der Waals surface area contributed by atoms with E-state index in [0.717, 1.165) is 12.8 Å². The lowest BCUT2D eigenvalue weighted by atomic mass is 10.0. The zero-order valence-electron chi connectivity index (χ0n) is 10.4. The molecule has 1 unspecified atom stereocenters. The van der Waals surface area contributed by atoms with Gasteiger partial charge in [-0.1, -0.05) is 13.3 Å². The van der Waals surface area contributed by atoms with Gasteiger partial charge in [0.2, 0.25) is 0 Å². The summed E-state index contributed by atoms with van der Waals surface area (Å²) in [7, 11) is 1.81. The summed E-state index contributed by atoms with van der Waals surface area (Å²) < 4.78 is 13.8. The van der Waals surface area contributed by atoms with Crippen molar-refractivity contribution in [3.05, 3.63) is 37.2 Å². The molecule has 18 heavy (non-hydrogen) atoms. The maximum atomic E-state index is 13.5. The minimum atomic E-state index is -0.449. The van der Waals surface area contributed by atoms with Gasteiger partial charge in [0.05, 0.1) is 8.49 Å². The number of nitro groups is 1. The first-order chi connectivity index (χ1) is 8.49. The van der Waals surface area contributed by atoms with Gasteiger partial charge in [-0.25, -0.2) is 4.39 Å². The molecule has 0 fully saturated rings. The Kier molecular flexibility index (Phi) is 5.94. The van der Waals surface area contributed by atoms with E-state index in [1.165, 1.54) is 12.1 Å². The Hall–Kier alpha value is -0.760. The number of likely N-dealkylation sites (N-methyl/N-ethyl adjacent to an activating group) is 1. The fourth-order valence-electron chi connectivity index (χ4n) is 1.87. The van der Waals surface area contributed by atoms with E-state index in [4.69, 9.17) is 0 Å². The van der Waals surface area contributed by atoms with E-state index in [9.17, 15) is 14.5 Å². The van der Waals surface area contributed by atoms with Crippen LogP contribution in [0.15, 0.2) is 12.1 Å². The van der Waals surface area contributed by atoms with Gasteiger partial charge in [0, 0.05) is 17.7 Å². The summed E-state index contributed by atoms with van der Waals surface area (Å²) in [6, 6.07) is 2.71. The van der Waals surface area contributed by atoms with Gasteiger partial charge in [0.15, 0.2) is 0 Å². The third kappa shape index (κ3) is 3.88. The van der Waals surface area contributed by atoms with E-state index in [1.807, 2.05) is 14.0 Å². The van der Waals surface area contributed by atoms with Crippen LogP contribution in [0.3, 0.4) is 0 Å². The molecule has 0 aliphatic carbocycles. The second-order valence-corrected chi connectivity index (χ2v) is 5.29. The maximum Gasteiger partial charge on any atom is 0.273 e. The summed E-state index contributed by atoms with van der Waals surface area (Å²) in [5, 5.41) is 14.1. The van der Waals surface area contributed by atoms with Crippen LogP contribution in [0.4, 0.5) is 10.1 Å². The Bertz CT molecular complexity index is 440. The van der Waals surface area contributed by atoms with Gasteiger partial charge in [-0.05, 0) is 48.5 Å². The number of hydrogen-bond donors (Lipinski definition) is 1. The summed E-state index contributed by atoms with van der Waals surface area (Å²) in [5.74, 6) is -0.400. The fraction of sp³-hybridized carbons (Fsp3) is 0.500. The summed E-state index contributed by atoms with van der Waals surface area (Å²) >= 11 is 1.76. The molecule has 1 rings (SSSR count). The summed E-state index contributed by atoms with van der Waals surface area (Å²) in [5.41, 5.74) is 0.447. The van der Waals surface area contributed by atoms with Gasteiger partial charge in [-0.2, -0.15) is 0 Å². The van der Waals surface area contributed by atoms with Crippen molar-refractivity contribution in [1.29, 1.82) is 0 Å². The quantitative estimate of drug-likeness (QED) is 0.478. The van der Waals surface area contributed by atoms with Crippen LogP contribution in [0.1, 0.15) is 25.3 Å². The van der Waals surface area contributed by atoms with Crippen molar-refractivity contribution in [2.24, 2.45) is 0 Å². The van der Waals surface area contributed by atoms with Crippen LogP contribution in [-0.2, 0) is 6.42 Å². The monoisotopic (exact) mass is 366 g/mol. The van der Waals surface area contributed by atoms with Crippen LogP contribution in [0.5, 0.6) is 0 Å². The van der Waals surface area contributed by atoms with Crippen LogP contribution < -0.4 is 5.32 Å². The molecule has 0 saturated carbocycles. The molecule has 1 aromatic carbocycles. The molecule has 0 aliphatic rings. The van der Waals surface area contributed by atoms with Crippen molar-refractivity contribution >= 4 is 28.3 Å². The summed E-state index contributed by atoms with van der Waals surface area (Å²) in [6.07, 6.45) is 2.35. The highest BCUT2D eigenvalue weighted by molar-refractivity contribution is 14.1. The predicted octanol–water partition coefficient (Wildman–Crippen LogP) is 3.27. The molecular formula is C12H16FIN2O2. The lowest BCUT2D eigenvalue weighted by Crippen LogP contribution is -2.27. The molecule has 0 saturated heterocycles. The highest BCUT2D eigenvalue weighted by atomic mass is 127. The SMILES string of the molecule is CCCC(Cc1cc(F)c(I)cc1[N+](=O)[O-])NC. The van der Waals surface area contributed by atoms with Gasteiger partial charge < -0.3 is 5.32 Å². The van der Waals surface area contributed by atoms with Crippen LogP contribution in [0, 0.1) is 19.5 Å². The predicted molar refractivity (Wildman–Crippen MR) is 77.2 cm³/mol.